The fourth-order valence-corrected chi connectivity index (χ4v) is 13.2. The standard InChI is InChI=1S/C34H33F6NP2/c1-2-3-24-41(43-31(25-10-6-4-7-11-25)22-23-32(43)26-12-8-5-9-13-26)42(29-18-14-27(15-19-29)33(35,36)37)30-20-16-28(17-21-30)34(38,39)40/h4-21,31-32H,2-3,22-24H2,1H3. The highest BCUT2D eigenvalue weighted by Gasteiger charge is 2.44. The van der Waals surface area contributed by atoms with Crippen LogP contribution in [0.2, 0.25) is 0 Å². The summed E-state index contributed by atoms with van der Waals surface area (Å²) < 4.78 is 83.7. The molecule has 226 valence electrons. The van der Waals surface area contributed by atoms with Crippen LogP contribution in [0.4, 0.5) is 26.3 Å². The van der Waals surface area contributed by atoms with Crippen molar-refractivity contribution < 1.29 is 26.3 Å². The van der Waals surface area contributed by atoms with Crippen LogP contribution in [0.3, 0.4) is 0 Å². The van der Waals surface area contributed by atoms with Gasteiger partial charge in [0.15, 0.2) is 0 Å². The third kappa shape index (κ3) is 7.33. The first kappa shape index (κ1) is 31.7. The lowest BCUT2D eigenvalue weighted by atomic mass is 10.0. The Morgan fingerprint density at radius 1 is 0.628 bits per heavy atom. The van der Waals surface area contributed by atoms with Crippen molar-refractivity contribution in [2.75, 3.05) is 6.54 Å². The van der Waals surface area contributed by atoms with Crippen molar-refractivity contribution in [3.8, 4) is 0 Å². The largest absolute Gasteiger partial charge is 0.416 e. The lowest BCUT2D eigenvalue weighted by Gasteiger charge is -2.42. The van der Waals surface area contributed by atoms with E-state index in [2.05, 4.69) is 35.6 Å². The number of hydrogen-bond acceptors (Lipinski definition) is 1. The molecule has 0 N–H and O–H groups in total. The summed E-state index contributed by atoms with van der Waals surface area (Å²) in [5.41, 5.74) is 1.40. The van der Waals surface area contributed by atoms with Crippen LogP contribution in [-0.2, 0) is 12.4 Å². The molecule has 1 nitrogen and oxygen atoms in total. The third-order valence-electron chi connectivity index (χ3n) is 7.81. The molecular formula is C34H33F6NP2. The fourth-order valence-electron chi connectivity index (χ4n) is 5.73. The van der Waals surface area contributed by atoms with Gasteiger partial charge < -0.3 is 0 Å². The van der Waals surface area contributed by atoms with E-state index in [4.69, 9.17) is 0 Å². The SMILES string of the molecule is CCCCN(P(c1ccc(C(F)(F)F)cc1)c1ccc(C(F)(F)F)cc1)P1C(c2ccccc2)CCC1c1ccccc1. The van der Waals surface area contributed by atoms with Crippen LogP contribution in [0.5, 0.6) is 0 Å². The van der Waals surface area contributed by atoms with E-state index in [1.54, 1.807) is 0 Å². The lowest BCUT2D eigenvalue weighted by molar-refractivity contribution is -0.138. The van der Waals surface area contributed by atoms with Crippen molar-refractivity contribution in [2.45, 2.75) is 56.3 Å². The molecule has 1 fully saturated rings. The topological polar surface area (TPSA) is 3.24 Å². The second-order valence-corrected chi connectivity index (χ2v) is 15.6. The van der Waals surface area contributed by atoms with Crippen molar-refractivity contribution >= 4 is 26.8 Å². The Bertz CT molecular complexity index is 1340. The quantitative estimate of drug-likeness (QED) is 0.131. The van der Waals surface area contributed by atoms with Gasteiger partial charge in [0.25, 0.3) is 0 Å². The molecule has 2 atom stereocenters. The molecule has 0 spiro atoms. The number of unbranched alkanes of at least 4 members (excludes halogenated alkanes) is 1. The summed E-state index contributed by atoms with van der Waals surface area (Å²) in [4.78, 5) is 0. The van der Waals surface area contributed by atoms with Crippen molar-refractivity contribution in [1.82, 2.24) is 4.44 Å². The third-order valence-corrected chi connectivity index (χ3v) is 14.3. The van der Waals surface area contributed by atoms with Gasteiger partial charge in [-0.1, -0.05) is 98.3 Å². The molecule has 0 bridgehead atoms. The molecule has 0 aromatic heterocycles. The lowest BCUT2D eigenvalue weighted by Crippen LogP contribution is -2.28. The van der Waals surface area contributed by atoms with Gasteiger partial charge in [-0.2, -0.15) is 26.3 Å². The van der Waals surface area contributed by atoms with E-state index in [0.717, 1.165) is 49.9 Å². The van der Waals surface area contributed by atoms with Crippen molar-refractivity contribution in [3.05, 3.63) is 131 Å². The summed E-state index contributed by atoms with van der Waals surface area (Å²) in [7, 11) is -2.37. The zero-order valence-corrected chi connectivity index (χ0v) is 25.5. The Balaban J connectivity index is 1.68. The van der Waals surface area contributed by atoms with Gasteiger partial charge >= 0.3 is 12.4 Å². The predicted molar refractivity (Wildman–Crippen MR) is 165 cm³/mol. The van der Waals surface area contributed by atoms with E-state index in [1.165, 1.54) is 35.4 Å². The van der Waals surface area contributed by atoms with E-state index < -0.39 is 39.6 Å². The summed E-state index contributed by atoms with van der Waals surface area (Å²) >= 11 is 0. The number of nitrogens with zero attached hydrogens (tertiary/aromatic N) is 1. The smallest absolute Gasteiger partial charge is 0.251 e. The second kappa shape index (κ2) is 13.5. The molecule has 1 heterocycles. The van der Waals surface area contributed by atoms with Gasteiger partial charge in [0.05, 0.1) is 11.1 Å². The Hall–Kier alpha value is -2.72. The summed E-state index contributed by atoms with van der Waals surface area (Å²) in [6.45, 7) is 2.80. The highest BCUT2D eigenvalue weighted by Crippen LogP contribution is 2.76. The first-order valence-electron chi connectivity index (χ1n) is 14.4. The van der Waals surface area contributed by atoms with Crippen LogP contribution in [-0.4, -0.2) is 11.0 Å². The van der Waals surface area contributed by atoms with Crippen molar-refractivity contribution in [3.63, 3.8) is 0 Å². The molecule has 5 rings (SSSR count). The van der Waals surface area contributed by atoms with Crippen LogP contribution < -0.4 is 10.6 Å². The van der Waals surface area contributed by atoms with E-state index in [9.17, 15) is 26.3 Å². The molecule has 4 aromatic carbocycles. The van der Waals surface area contributed by atoms with Crippen LogP contribution in [0.25, 0.3) is 0 Å². The Labute approximate surface area is 251 Å². The summed E-state index contributed by atoms with van der Waals surface area (Å²) in [6.07, 6.45) is -5.27. The number of halogens is 6. The molecule has 0 aliphatic carbocycles. The number of rotatable bonds is 9. The summed E-state index contributed by atoms with van der Waals surface area (Å²) in [5, 5.41) is 1.40. The monoisotopic (exact) mass is 631 g/mol. The highest BCUT2D eigenvalue weighted by molar-refractivity contribution is 7.79. The van der Waals surface area contributed by atoms with Gasteiger partial charge in [0.1, 0.15) is 0 Å². The van der Waals surface area contributed by atoms with Gasteiger partial charge in [-0.3, -0.25) is 4.44 Å². The fraction of sp³-hybridized carbons (Fsp3) is 0.294. The van der Waals surface area contributed by atoms with Crippen LogP contribution in [0, 0.1) is 0 Å². The highest BCUT2D eigenvalue weighted by atomic mass is 31.2. The Kier molecular flexibility index (Phi) is 9.96. The molecule has 9 heteroatoms. The Morgan fingerprint density at radius 3 is 1.37 bits per heavy atom. The van der Waals surface area contributed by atoms with Crippen LogP contribution in [0.1, 0.15) is 66.2 Å². The first-order valence-corrected chi connectivity index (χ1v) is 17.1. The van der Waals surface area contributed by atoms with Gasteiger partial charge in [-0.05, 0) is 73.3 Å². The van der Waals surface area contributed by atoms with Crippen molar-refractivity contribution in [1.29, 1.82) is 0 Å². The first-order chi connectivity index (χ1) is 20.6. The molecule has 1 aliphatic rings. The molecular weight excluding hydrogens is 598 g/mol. The molecule has 2 unspecified atom stereocenters. The molecule has 43 heavy (non-hydrogen) atoms. The maximum atomic E-state index is 13.5. The van der Waals surface area contributed by atoms with Crippen molar-refractivity contribution in [2.24, 2.45) is 0 Å². The minimum absolute atomic E-state index is 0.215. The van der Waals surface area contributed by atoms with Gasteiger partial charge in [-0.25, -0.2) is 0 Å². The average molecular weight is 632 g/mol. The Morgan fingerprint density at radius 2 is 1.02 bits per heavy atom. The number of hydrogen-bond donors (Lipinski definition) is 0. The van der Waals surface area contributed by atoms with E-state index in [-0.39, 0.29) is 11.3 Å². The predicted octanol–water partition coefficient (Wildman–Crippen LogP) is 10.8. The maximum Gasteiger partial charge on any atom is 0.416 e. The molecule has 4 aromatic rings. The summed E-state index contributed by atoms with van der Waals surface area (Å²) in [6, 6.07) is 31.1. The average Bonchev–Trinajstić information content (AvgIpc) is 3.44. The minimum atomic E-state index is -4.48. The molecule has 0 amide bonds. The van der Waals surface area contributed by atoms with Gasteiger partial charge in [0, 0.05) is 25.9 Å². The maximum absolute atomic E-state index is 13.5. The normalized spacial score (nSPS) is 19.3. The molecule has 1 aliphatic heterocycles. The van der Waals surface area contributed by atoms with E-state index in [1.807, 2.05) is 36.4 Å². The molecule has 1 saturated heterocycles. The van der Waals surface area contributed by atoms with Gasteiger partial charge in [0.2, 0.25) is 0 Å². The number of benzene rings is 4. The van der Waals surface area contributed by atoms with Crippen LogP contribution in [0.15, 0.2) is 109 Å². The molecule has 0 saturated carbocycles. The summed E-state index contributed by atoms with van der Waals surface area (Å²) in [5.74, 6) is 0. The molecule has 0 radical (unpaired) electrons. The minimum Gasteiger partial charge on any atom is -0.251 e. The van der Waals surface area contributed by atoms with E-state index >= 15 is 0 Å². The number of alkyl halides is 6. The van der Waals surface area contributed by atoms with Crippen LogP contribution >= 0.6 is 16.1 Å². The van der Waals surface area contributed by atoms with E-state index in [0.29, 0.717) is 17.2 Å². The second-order valence-electron chi connectivity index (χ2n) is 10.7. The zero-order chi connectivity index (χ0) is 30.6. The zero-order valence-electron chi connectivity index (χ0n) is 23.7. The van der Waals surface area contributed by atoms with Gasteiger partial charge in [-0.15, -0.1) is 0 Å².